The number of rotatable bonds is 6. The third-order valence-corrected chi connectivity index (χ3v) is 9.31. The Hall–Kier alpha value is -0.480. The zero-order valence-electron chi connectivity index (χ0n) is 17.8. The summed E-state index contributed by atoms with van der Waals surface area (Å²) in [5, 5.41) is 3.81. The van der Waals surface area contributed by atoms with E-state index in [4.69, 9.17) is 0 Å². The minimum atomic E-state index is -3.53. The molecule has 1 aromatic carbocycles. The summed E-state index contributed by atoms with van der Waals surface area (Å²) in [6.07, 6.45) is 8.06. The fourth-order valence-electron chi connectivity index (χ4n) is 5.42. The summed E-state index contributed by atoms with van der Waals surface area (Å²) in [6, 6.07) is 4.51. The molecule has 2 N–H and O–H groups in total. The van der Waals surface area contributed by atoms with Gasteiger partial charge >= 0.3 is 0 Å². The monoisotopic (exact) mass is 424 g/mol. The second-order valence-corrected chi connectivity index (χ2v) is 11.6. The lowest BCUT2D eigenvalue weighted by Gasteiger charge is -2.37. The van der Waals surface area contributed by atoms with E-state index in [0.29, 0.717) is 22.5 Å². The summed E-state index contributed by atoms with van der Waals surface area (Å²) in [6.45, 7) is 8.08. The highest BCUT2D eigenvalue weighted by Crippen LogP contribution is 2.35. The van der Waals surface area contributed by atoms with Crippen molar-refractivity contribution in [2.24, 2.45) is 5.92 Å². The lowest BCUT2D eigenvalue weighted by molar-refractivity contribution is 0.259. The van der Waals surface area contributed by atoms with E-state index in [-0.39, 0.29) is 12.1 Å². The predicted molar refractivity (Wildman–Crippen MR) is 120 cm³/mol. The molecule has 4 nitrogen and oxygen atoms in total. The van der Waals surface area contributed by atoms with Gasteiger partial charge < -0.3 is 5.32 Å². The van der Waals surface area contributed by atoms with E-state index in [9.17, 15) is 8.42 Å². The molecule has 0 radical (unpaired) electrons. The molecular weight excluding hydrogens is 387 g/mol. The van der Waals surface area contributed by atoms with Crippen molar-refractivity contribution < 1.29 is 8.42 Å². The van der Waals surface area contributed by atoms with Gasteiger partial charge in [0.2, 0.25) is 10.0 Å². The zero-order valence-corrected chi connectivity index (χ0v) is 19.8. The van der Waals surface area contributed by atoms with Gasteiger partial charge in [0.25, 0.3) is 0 Å². The molecule has 0 bridgehead atoms. The van der Waals surface area contributed by atoms with E-state index in [2.05, 4.69) is 26.2 Å². The second kappa shape index (κ2) is 9.12. The molecule has 0 amide bonds. The molecule has 0 aromatic heterocycles. The number of sulfonamides is 1. The van der Waals surface area contributed by atoms with Gasteiger partial charge in [-0.1, -0.05) is 37.0 Å². The lowest BCUT2D eigenvalue weighted by Crippen LogP contribution is -2.55. The van der Waals surface area contributed by atoms with Crippen molar-refractivity contribution in [3.8, 4) is 0 Å². The average Bonchev–Trinajstić information content (AvgIpc) is 3.01. The van der Waals surface area contributed by atoms with Crippen molar-refractivity contribution in [1.82, 2.24) is 10.0 Å². The van der Waals surface area contributed by atoms with Gasteiger partial charge in [0.05, 0.1) is 4.90 Å². The van der Waals surface area contributed by atoms with Gasteiger partial charge in [0, 0.05) is 18.1 Å². The Morgan fingerprint density at radius 3 is 2.14 bits per heavy atom. The molecule has 6 atom stereocenters. The van der Waals surface area contributed by atoms with E-state index >= 15 is 0 Å². The van der Waals surface area contributed by atoms with Crippen LogP contribution in [0.3, 0.4) is 0 Å². The summed E-state index contributed by atoms with van der Waals surface area (Å²) in [4.78, 5) is 0.455. The Kier molecular flexibility index (Phi) is 7.23. The smallest absolute Gasteiger partial charge is 0.241 e. The number of benzene rings is 1. The van der Waals surface area contributed by atoms with Crippen molar-refractivity contribution in [1.29, 1.82) is 0 Å². The molecule has 2 saturated carbocycles. The lowest BCUT2D eigenvalue weighted by atomic mass is 9.89. The topological polar surface area (TPSA) is 58.2 Å². The van der Waals surface area contributed by atoms with Crippen LogP contribution in [0.25, 0.3) is 0 Å². The third-order valence-electron chi connectivity index (χ3n) is 6.69. The molecule has 2 aliphatic rings. The molecular formula is C22H37N2O2PS. The Labute approximate surface area is 173 Å². The quantitative estimate of drug-likeness (QED) is 0.672. The first kappa shape index (κ1) is 22.2. The van der Waals surface area contributed by atoms with Crippen LogP contribution in [0.1, 0.15) is 68.6 Å². The fraction of sp³-hybridized carbons (Fsp3) is 0.727. The van der Waals surface area contributed by atoms with Crippen LogP contribution in [-0.4, -0.2) is 32.2 Å². The molecule has 2 aliphatic carbocycles. The minimum absolute atomic E-state index is 0.0364. The second-order valence-electron chi connectivity index (χ2n) is 9.06. The normalized spacial score (nSPS) is 29.8. The Balaban J connectivity index is 1.75. The van der Waals surface area contributed by atoms with E-state index in [0.717, 1.165) is 36.0 Å². The van der Waals surface area contributed by atoms with E-state index < -0.39 is 10.0 Å². The van der Waals surface area contributed by atoms with Crippen molar-refractivity contribution >= 4 is 19.3 Å². The number of aryl methyl sites for hydroxylation is 3. The maximum Gasteiger partial charge on any atom is 0.241 e. The van der Waals surface area contributed by atoms with Gasteiger partial charge in [-0.15, -0.1) is 9.24 Å². The van der Waals surface area contributed by atoms with Crippen molar-refractivity contribution in [3.63, 3.8) is 0 Å². The first-order valence-electron chi connectivity index (χ1n) is 10.8. The number of hydrogen-bond donors (Lipinski definition) is 2. The molecule has 158 valence electrons. The molecule has 0 heterocycles. The molecule has 3 unspecified atom stereocenters. The van der Waals surface area contributed by atoms with Crippen LogP contribution in [0.2, 0.25) is 0 Å². The van der Waals surface area contributed by atoms with Crippen molar-refractivity contribution in [2.45, 2.75) is 101 Å². The first-order valence-corrected chi connectivity index (χ1v) is 13.0. The van der Waals surface area contributed by atoms with Gasteiger partial charge in [-0.05, 0) is 76.1 Å². The van der Waals surface area contributed by atoms with E-state index in [1.165, 1.54) is 25.7 Å². The molecule has 28 heavy (non-hydrogen) atoms. The highest BCUT2D eigenvalue weighted by atomic mass is 32.2. The van der Waals surface area contributed by atoms with Crippen LogP contribution in [0.4, 0.5) is 0 Å². The third kappa shape index (κ3) is 4.98. The largest absolute Gasteiger partial charge is 0.310 e. The summed E-state index contributed by atoms with van der Waals surface area (Å²) in [5.41, 5.74) is 3.44. The maximum atomic E-state index is 13.3. The maximum absolute atomic E-state index is 13.3. The Morgan fingerprint density at radius 2 is 1.57 bits per heavy atom. The summed E-state index contributed by atoms with van der Waals surface area (Å²) in [7, 11) is -0.515. The summed E-state index contributed by atoms with van der Waals surface area (Å²) < 4.78 is 29.6. The van der Waals surface area contributed by atoms with Crippen molar-refractivity contribution in [3.05, 3.63) is 28.8 Å². The molecule has 6 heteroatoms. The molecule has 3 rings (SSSR count). The number of hydrogen-bond acceptors (Lipinski definition) is 3. The fourth-order valence-corrected chi connectivity index (χ4v) is 7.95. The molecule has 1 aromatic rings. The van der Waals surface area contributed by atoms with Gasteiger partial charge in [0.1, 0.15) is 0 Å². The zero-order chi connectivity index (χ0) is 20.5. The standard InChI is InChI=1S/C22H37N2O2PS/c1-14-12-15(2)22(16(3)13-14)28(25,26)24-20-10-6-5-9-19(20)23-17(4)18-8-7-11-21(18)27/h12-13,17-21,23-24H,5-11,27H2,1-4H3/t17-,18?,19-,20-,21?/m1/s1. The molecule has 0 spiro atoms. The van der Waals surface area contributed by atoms with Crippen molar-refractivity contribution in [2.75, 3.05) is 0 Å². The molecule has 0 aliphatic heterocycles. The average molecular weight is 425 g/mol. The summed E-state index contributed by atoms with van der Waals surface area (Å²) >= 11 is 0. The van der Waals surface area contributed by atoms with Crippen LogP contribution < -0.4 is 10.0 Å². The Morgan fingerprint density at radius 1 is 0.964 bits per heavy atom. The molecule has 2 fully saturated rings. The van der Waals surface area contributed by atoms with Gasteiger partial charge in [-0.2, -0.15) is 0 Å². The van der Waals surface area contributed by atoms with E-state index in [1.807, 2.05) is 32.9 Å². The van der Waals surface area contributed by atoms with Gasteiger partial charge in [-0.25, -0.2) is 13.1 Å². The van der Waals surface area contributed by atoms with Crippen LogP contribution in [0.5, 0.6) is 0 Å². The van der Waals surface area contributed by atoms with Crippen LogP contribution in [0, 0.1) is 26.7 Å². The summed E-state index contributed by atoms with van der Waals surface area (Å²) in [5.74, 6) is 0.672. The Bertz CT molecular complexity index is 773. The SMILES string of the molecule is Cc1cc(C)c(S(=O)(=O)N[C@@H]2CCCC[C@H]2N[C@H](C)C2CCCC2P)c(C)c1. The first-order chi connectivity index (χ1) is 13.2. The van der Waals surface area contributed by atoms with E-state index in [1.54, 1.807) is 0 Å². The van der Waals surface area contributed by atoms with Crippen LogP contribution in [0.15, 0.2) is 17.0 Å². The van der Waals surface area contributed by atoms with Crippen LogP contribution in [-0.2, 0) is 10.0 Å². The van der Waals surface area contributed by atoms with Crippen LogP contribution >= 0.6 is 9.24 Å². The highest BCUT2D eigenvalue weighted by molar-refractivity contribution is 7.89. The predicted octanol–water partition coefficient (Wildman–Crippen LogP) is 4.22. The number of nitrogens with one attached hydrogen (secondary N) is 2. The molecule has 0 saturated heterocycles. The van der Waals surface area contributed by atoms with Gasteiger partial charge in [-0.3, -0.25) is 0 Å². The van der Waals surface area contributed by atoms with Gasteiger partial charge in [0.15, 0.2) is 0 Å². The minimum Gasteiger partial charge on any atom is -0.310 e. The highest BCUT2D eigenvalue weighted by Gasteiger charge is 2.34.